The van der Waals surface area contributed by atoms with Gasteiger partial charge in [-0.05, 0) is 93.0 Å². The van der Waals surface area contributed by atoms with Crippen molar-refractivity contribution in [3.05, 3.63) is 102 Å². The maximum atomic E-state index is 14.1. The van der Waals surface area contributed by atoms with E-state index in [1.807, 2.05) is 30.3 Å². The van der Waals surface area contributed by atoms with Crippen molar-refractivity contribution in [3.63, 3.8) is 0 Å². The molecule has 0 radical (unpaired) electrons. The van der Waals surface area contributed by atoms with Crippen LogP contribution in [0.15, 0.2) is 89.8 Å². The van der Waals surface area contributed by atoms with Crippen molar-refractivity contribution in [3.8, 4) is 0 Å². The van der Waals surface area contributed by atoms with Crippen molar-refractivity contribution in [2.75, 3.05) is 0 Å². The van der Waals surface area contributed by atoms with Crippen LogP contribution >= 0.6 is 0 Å². The van der Waals surface area contributed by atoms with E-state index in [1.165, 1.54) is 6.07 Å². The van der Waals surface area contributed by atoms with Gasteiger partial charge in [0.2, 0.25) is 0 Å². The van der Waals surface area contributed by atoms with Crippen LogP contribution in [0, 0.1) is 17.8 Å². The van der Waals surface area contributed by atoms with E-state index in [-0.39, 0.29) is 12.2 Å². The number of carbonyl (C=O) groups excluding carboxylic acids is 1. The average Bonchev–Trinajstić information content (AvgIpc) is 3.06. The smallest absolute Gasteiger partial charge is 0.417 e. The fraction of sp³-hybridized carbons (Fsp3) is 0.486. The maximum absolute atomic E-state index is 14.1. The Morgan fingerprint density at radius 3 is 2.00 bits per heavy atom. The summed E-state index contributed by atoms with van der Waals surface area (Å²) in [6.45, 7) is 1.63. The topological polar surface area (TPSA) is 97.4 Å². The monoisotopic (exact) mass is 700 g/mol. The molecule has 4 saturated carbocycles. The van der Waals surface area contributed by atoms with Crippen molar-refractivity contribution in [1.29, 1.82) is 0 Å². The number of carbonyl (C=O) groups is 1. The molecule has 0 aromatic heterocycles. The van der Waals surface area contributed by atoms with Crippen LogP contribution in [0.4, 0.5) is 13.2 Å². The Morgan fingerprint density at radius 1 is 0.816 bits per heavy atom. The highest BCUT2D eigenvalue weighted by Crippen LogP contribution is 2.58. The Hall–Kier alpha value is -3.29. The van der Waals surface area contributed by atoms with Gasteiger partial charge >= 0.3 is 12.1 Å². The van der Waals surface area contributed by atoms with Gasteiger partial charge in [-0.2, -0.15) is 21.6 Å². The highest BCUT2D eigenvalue weighted by molar-refractivity contribution is 7.86. The molecular formula is C37H39F3O8S. The number of ether oxygens (including phenoxy) is 4. The first-order chi connectivity index (χ1) is 23.4. The number of esters is 1. The maximum Gasteiger partial charge on any atom is 0.417 e. The molecule has 3 aromatic carbocycles. The van der Waals surface area contributed by atoms with E-state index >= 15 is 0 Å². The summed E-state index contributed by atoms with van der Waals surface area (Å²) < 4.78 is 101. The lowest BCUT2D eigenvalue weighted by Gasteiger charge is -2.58. The number of halogens is 3. The van der Waals surface area contributed by atoms with Crippen LogP contribution in [0.1, 0.15) is 66.9 Å². The van der Waals surface area contributed by atoms with E-state index < -0.39 is 69.0 Å². The predicted octanol–water partition coefficient (Wildman–Crippen LogP) is 7.32. The lowest BCUT2D eigenvalue weighted by atomic mass is 9.54. The van der Waals surface area contributed by atoms with Crippen molar-refractivity contribution >= 4 is 16.1 Å². The number of benzene rings is 3. The fourth-order valence-electron chi connectivity index (χ4n) is 8.59. The Bertz CT molecular complexity index is 1700. The van der Waals surface area contributed by atoms with Gasteiger partial charge in [0.15, 0.2) is 18.5 Å². The lowest BCUT2D eigenvalue weighted by Crippen LogP contribution is -2.63. The van der Waals surface area contributed by atoms with Crippen LogP contribution in [-0.4, -0.2) is 50.7 Å². The molecule has 0 amide bonds. The molecule has 5 fully saturated rings. The van der Waals surface area contributed by atoms with Crippen LogP contribution in [0.2, 0.25) is 0 Å². The molecule has 1 saturated heterocycles. The second-order valence-electron chi connectivity index (χ2n) is 13.9. The van der Waals surface area contributed by atoms with Gasteiger partial charge in [0.1, 0.15) is 11.0 Å². The molecule has 8 nitrogen and oxygen atoms in total. The molecule has 8 rings (SSSR count). The molecule has 5 atom stereocenters. The predicted molar refractivity (Wildman–Crippen MR) is 170 cm³/mol. The zero-order valence-electron chi connectivity index (χ0n) is 27.0. The summed E-state index contributed by atoms with van der Waals surface area (Å²) in [6, 6.07) is 21.1. The summed E-state index contributed by atoms with van der Waals surface area (Å²) in [5.41, 5.74) is -0.996. The third-order valence-electron chi connectivity index (χ3n) is 10.3. The largest absolute Gasteiger partial charge is 0.453 e. The van der Waals surface area contributed by atoms with Crippen LogP contribution in [0.3, 0.4) is 0 Å². The second-order valence-corrected chi connectivity index (χ2v) is 15.5. The fourth-order valence-corrected chi connectivity index (χ4v) is 9.89. The molecule has 49 heavy (non-hydrogen) atoms. The molecule has 1 aliphatic heterocycles. The Balaban J connectivity index is 1.27. The highest BCUT2D eigenvalue weighted by Gasteiger charge is 2.57. The molecule has 4 aliphatic carbocycles. The summed E-state index contributed by atoms with van der Waals surface area (Å²) in [5, 5.41) is 0. The molecular weight excluding hydrogens is 661 g/mol. The molecule has 3 aromatic rings. The number of hydrogen-bond donors (Lipinski definition) is 0. The van der Waals surface area contributed by atoms with E-state index in [1.54, 1.807) is 37.3 Å². The minimum Gasteiger partial charge on any atom is -0.453 e. The van der Waals surface area contributed by atoms with Crippen molar-refractivity contribution in [2.45, 2.75) is 99.4 Å². The first-order valence-corrected chi connectivity index (χ1v) is 18.1. The normalized spacial score (nSPS) is 32.6. The van der Waals surface area contributed by atoms with Gasteiger partial charge in [0.05, 0.1) is 29.4 Å². The van der Waals surface area contributed by atoms with Gasteiger partial charge in [-0.1, -0.05) is 60.7 Å². The standard InChI is InChI=1S/C37H39F3O8S/c1-23-31(46-34(41)28-12-6-3-7-13-28)32(44-22-24-10-4-2-5-11-24)33(48-49(42,43)30-15-9-8-14-29(30)37(38,39)40)35(45-23)47-36-19-25-16-26(20-36)18-27(17-25)21-36/h2-15,23,25-27,31-33,35H,16-22H2,1H3/t23-,25?,26?,27?,31-,32+,33+,35+,36?/m0/s1. The third-order valence-corrected chi connectivity index (χ3v) is 11.7. The minimum atomic E-state index is -5.11. The van der Waals surface area contributed by atoms with Gasteiger partial charge in [-0.25, -0.2) is 4.79 Å². The van der Waals surface area contributed by atoms with Crippen LogP contribution < -0.4 is 0 Å². The average molecular weight is 701 g/mol. The third kappa shape index (κ3) is 7.30. The lowest BCUT2D eigenvalue weighted by molar-refractivity contribution is -0.336. The molecule has 4 bridgehead atoms. The zero-order chi connectivity index (χ0) is 34.4. The summed E-state index contributed by atoms with van der Waals surface area (Å²) in [5.74, 6) is 0.704. The Labute approximate surface area is 284 Å². The molecule has 0 N–H and O–H groups in total. The summed E-state index contributed by atoms with van der Waals surface area (Å²) in [6.07, 6.45) is -5.70. The highest BCUT2D eigenvalue weighted by atomic mass is 32.2. The number of alkyl halides is 3. The van der Waals surface area contributed by atoms with E-state index in [2.05, 4.69) is 0 Å². The summed E-state index contributed by atoms with van der Waals surface area (Å²) in [4.78, 5) is 12.3. The first-order valence-electron chi connectivity index (χ1n) is 16.7. The summed E-state index contributed by atoms with van der Waals surface area (Å²) in [7, 11) is -5.11. The Morgan fingerprint density at radius 2 is 1.39 bits per heavy atom. The van der Waals surface area contributed by atoms with Crippen LogP contribution in [0.5, 0.6) is 0 Å². The van der Waals surface area contributed by atoms with Gasteiger partial charge in [-0.15, -0.1) is 0 Å². The zero-order valence-corrected chi connectivity index (χ0v) is 27.8. The molecule has 262 valence electrons. The second kappa shape index (κ2) is 13.4. The van der Waals surface area contributed by atoms with Gasteiger partial charge in [-0.3, -0.25) is 4.18 Å². The van der Waals surface area contributed by atoms with Crippen molar-refractivity contribution in [2.24, 2.45) is 17.8 Å². The number of rotatable bonds is 10. The van der Waals surface area contributed by atoms with Crippen LogP contribution in [0.25, 0.3) is 0 Å². The quantitative estimate of drug-likeness (QED) is 0.160. The minimum absolute atomic E-state index is 0.0409. The number of hydrogen-bond acceptors (Lipinski definition) is 8. The molecule has 12 heteroatoms. The van der Waals surface area contributed by atoms with E-state index in [9.17, 15) is 26.4 Å². The van der Waals surface area contributed by atoms with Crippen LogP contribution in [-0.2, 0) is 46.0 Å². The summed E-state index contributed by atoms with van der Waals surface area (Å²) >= 11 is 0. The van der Waals surface area contributed by atoms with E-state index in [4.69, 9.17) is 23.1 Å². The van der Waals surface area contributed by atoms with Gasteiger partial charge < -0.3 is 18.9 Å². The molecule has 1 heterocycles. The van der Waals surface area contributed by atoms with Gasteiger partial charge in [0.25, 0.3) is 10.1 Å². The van der Waals surface area contributed by atoms with E-state index in [0.717, 1.165) is 56.2 Å². The van der Waals surface area contributed by atoms with Crippen molar-refractivity contribution < 1.29 is 49.5 Å². The van der Waals surface area contributed by atoms with E-state index in [0.29, 0.717) is 23.8 Å². The molecule has 0 spiro atoms. The molecule has 5 aliphatic rings. The SMILES string of the molecule is C[C@@H]1O[C@H](OC23CC4CC(CC(C4)C2)C3)[C@H](OS(=O)(=O)c2ccccc2C(F)(F)F)[C@H](OCc2ccccc2)[C@H]1OC(=O)c1ccccc1. The Kier molecular flexibility index (Phi) is 9.38. The van der Waals surface area contributed by atoms with Gasteiger partial charge in [0, 0.05) is 0 Å². The van der Waals surface area contributed by atoms with Crippen molar-refractivity contribution in [1.82, 2.24) is 0 Å². The first kappa shape index (κ1) is 34.2. The molecule has 0 unspecified atom stereocenters.